The van der Waals surface area contributed by atoms with Gasteiger partial charge >= 0.3 is 6.03 Å². The third kappa shape index (κ3) is 5.58. The summed E-state index contributed by atoms with van der Waals surface area (Å²) < 4.78 is 5.62. The smallest absolute Gasteiger partial charge is 0.321 e. The van der Waals surface area contributed by atoms with E-state index in [4.69, 9.17) is 4.42 Å². The van der Waals surface area contributed by atoms with Crippen molar-refractivity contribution in [3.8, 4) is 11.5 Å². The number of carbonyl (C=O) groups is 2. The van der Waals surface area contributed by atoms with E-state index in [0.29, 0.717) is 11.1 Å². The Balaban J connectivity index is 1.49. The lowest BCUT2D eigenvalue weighted by atomic mass is 9.87. The molecular weight excluding hydrogens is 376 g/mol. The Morgan fingerprint density at radius 2 is 1.82 bits per heavy atom. The largest absolute Gasteiger partial charge is 0.411 e. The Morgan fingerprint density at radius 1 is 1.14 bits per heavy atom. The van der Waals surface area contributed by atoms with E-state index in [1.165, 1.54) is 5.56 Å². The molecule has 1 saturated carbocycles. The predicted octanol–water partition coefficient (Wildman–Crippen LogP) is 3.89. The number of benzene rings is 1. The predicted molar refractivity (Wildman–Crippen MR) is 108 cm³/mol. The van der Waals surface area contributed by atoms with Crippen molar-refractivity contribution < 1.29 is 14.0 Å². The molecule has 3 rings (SSSR count). The van der Waals surface area contributed by atoms with Crippen molar-refractivity contribution in [2.24, 2.45) is 0 Å². The molecule has 0 aliphatic heterocycles. The second-order valence-corrected chi connectivity index (χ2v) is 8.92. The minimum atomic E-state index is -0.442. The number of urea groups is 1. The van der Waals surface area contributed by atoms with Gasteiger partial charge in [0, 0.05) is 11.6 Å². The summed E-state index contributed by atoms with van der Waals surface area (Å²) in [6.07, 6.45) is 4.18. The van der Waals surface area contributed by atoms with Gasteiger partial charge in [0.05, 0.1) is 5.75 Å². The molecule has 1 fully saturated rings. The molecular formula is C20H26N4O3S. The summed E-state index contributed by atoms with van der Waals surface area (Å²) in [5.41, 5.74) is 2.12. The normalized spacial score (nSPS) is 14.8. The zero-order valence-corrected chi connectivity index (χ0v) is 17.3. The molecule has 0 bridgehead atoms. The van der Waals surface area contributed by atoms with Crippen LogP contribution in [0.4, 0.5) is 4.79 Å². The van der Waals surface area contributed by atoms with Gasteiger partial charge in [-0.3, -0.25) is 10.1 Å². The van der Waals surface area contributed by atoms with Crippen LogP contribution in [0.25, 0.3) is 11.5 Å². The maximum atomic E-state index is 11.9. The number of aromatic nitrogens is 2. The number of hydrogen-bond acceptors (Lipinski definition) is 6. The number of imide groups is 1. The first-order valence-corrected chi connectivity index (χ1v) is 10.5. The van der Waals surface area contributed by atoms with Crippen LogP contribution in [0.1, 0.15) is 52.0 Å². The van der Waals surface area contributed by atoms with E-state index < -0.39 is 11.9 Å². The summed E-state index contributed by atoms with van der Waals surface area (Å²) in [5.74, 6) is 0.0417. The van der Waals surface area contributed by atoms with Crippen LogP contribution in [0.3, 0.4) is 0 Å². The summed E-state index contributed by atoms with van der Waals surface area (Å²) in [7, 11) is 0. The molecule has 0 atom stereocenters. The zero-order chi connectivity index (χ0) is 20.1. The molecule has 3 amide bonds. The second kappa shape index (κ2) is 8.77. The molecule has 150 valence electrons. The van der Waals surface area contributed by atoms with Gasteiger partial charge in [-0.2, -0.15) is 0 Å². The fraction of sp³-hybridized carbons (Fsp3) is 0.500. The molecule has 0 radical (unpaired) electrons. The van der Waals surface area contributed by atoms with E-state index in [1.807, 2.05) is 24.3 Å². The van der Waals surface area contributed by atoms with Gasteiger partial charge in [-0.05, 0) is 36.0 Å². The van der Waals surface area contributed by atoms with E-state index in [2.05, 4.69) is 41.6 Å². The molecule has 1 aliphatic rings. The third-order valence-electron chi connectivity index (χ3n) is 4.67. The summed E-state index contributed by atoms with van der Waals surface area (Å²) in [4.78, 5) is 23.7. The van der Waals surface area contributed by atoms with Crippen molar-refractivity contribution in [3.05, 3.63) is 29.8 Å². The molecule has 2 N–H and O–H groups in total. The average molecular weight is 403 g/mol. The number of thioether (sulfide) groups is 1. The van der Waals surface area contributed by atoms with Gasteiger partial charge in [-0.25, -0.2) is 4.79 Å². The van der Waals surface area contributed by atoms with E-state index in [1.54, 1.807) is 0 Å². The van der Waals surface area contributed by atoms with Gasteiger partial charge in [-0.1, -0.05) is 57.5 Å². The summed E-state index contributed by atoms with van der Waals surface area (Å²) in [5, 5.41) is 13.4. The van der Waals surface area contributed by atoms with Gasteiger partial charge in [-0.15, -0.1) is 10.2 Å². The molecule has 8 heteroatoms. The van der Waals surface area contributed by atoms with Crippen molar-refractivity contribution in [2.45, 2.75) is 63.1 Å². The van der Waals surface area contributed by atoms with Crippen LogP contribution in [0, 0.1) is 0 Å². The SMILES string of the molecule is CC(C)(C)c1ccc(-c2nnc(SCC(=O)NC(=O)NC3CCCC3)o2)cc1. The summed E-state index contributed by atoms with van der Waals surface area (Å²) in [6.45, 7) is 6.47. The number of nitrogens with one attached hydrogen (secondary N) is 2. The number of carbonyl (C=O) groups excluding carboxylic acids is 2. The Bertz CT molecular complexity index is 821. The zero-order valence-electron chi connectivity index (χ0n) is 16.4. The minimum absolute atomic E-state index is 0.0304. The highest BCUT2D eigenvalue weighted by atomic mass is 32.2. The van der Waals surface area contributed by atoms with Gasteiger partial charge < -0.3 is 9.73 Å². The molecule has 1 heterocycles. The van der Waals surface area contributed by atoms with Crippen LogP contribution in [0.15, 0.2) is 33.9 Å². The Hall–Kier alpha value is -2.35. The quantitative estimate of drug-likeness (QED) is 0.737. The summed E-state index contributed by atoms with van der Waals surface area (Å²) >= 11 is 1.10. The van der Waals surface area contributed by atoms with Crippen LogP contribution in [-0.4, -0.2) is 33.9 Å². The van der Waals surface area contributed by atoms with E-state index in [0.717, 1.165) is 43.0 Å². The lowest BCUT2D eigenvalue weighted by molar-refractivity contribution is -0.117. The first kappa shape index (κ1) is 20.4. The molecule has 0 saturated heterocycles. The Morgan fingerprint density at radius 3 is 2.46 bits per heavy atom. The maximum absolute atomic E-state index is 11.9. The van der Waals surface area contributed by atoms with Gasteiger partial charge in [0.15, 0.2) is 0 Å². The van der Waals surface area contributed by atoms with E-state index in [-0.39, 0.29) is 17.2 Å². The Kier molecular flexibility index (Phi) is 6.39. The molecule has 2 aromatic rings. The van der Waals surface area contributed by atoms with Gasteiger partial charge in [0.1, 0.15) is 0 Å². The average Bonchev–Trinajstić information content (AvgIpc) is 3.31. The van der Waals surface area contributed by atoms with Crippen LogP contribution < -0.4 is 10.6 Å². The monoisotopic (exact) mass is 402 g/mol. The summed E-state index contributed by atoms with van der Waals surface area (Å²) in [6, 6.07) is 7.71. The molecule has 0 unspecified atom stereocenters. The number of rotatable bonds is 5. The lowest BCUT2D eigenvalue weighted by Gasteiger charge is -2.18. The second-order valence-electron chi connectivity index (χ2n) is 7.99. The maximum Gasteiger partial charge on any atom is 0.321 e. The first-order valence-electron chi connectivity index (χ1n) is 9.49. The fourth-order valence-electron chi connectivity index (χ4n) is 3.08. The molecule has 1 aromatic carbocycles. The van der Waals surface area contributed by atoms with Crippen LogP contribution in [0.2, 0.25) is 0 Å². The van der Waals surface area contributed by atoms with Gasteiger partial charge in [0.2, 0.25) is 11.8 Å². The Labute approximate surface area is 169 Å². The first-order chi connectivity index (χ1) is 13.3. The molecule has 1 aromatic heterocycles. The number of amides is 3. The van der Waals surface area contributed by atoms with Gasteiger partial charge in [0.25, 0.3) is 5.22 Å². The fourth-order valence-corrected chi connectivity index (χ4v) is 3.64. The number of nitrogens with zero attached hydrogens (tertiary/aromatic N) is 2. The lowest BCUT2D eigenvalue weighted by Crippen LogP contribution is -2.44. The van der Waals surface area contributed by atoms with Crippen LogP contribution in [0.5, 0.6) is 0 Å². The van der Waals surface area contributed by atoms with Crippen LogP contribution in [-0.2, 0) is 10.2 Å². The van der Waals surface area contributed by atoms with Crippen molar-refractivity contribution >= 4 is 23.7 Å². The van der Waals surface area contributed by atoms with Crippen LogP contribution >= 0.6 is 11.8 Å². The minimum Gasteiger partial charge on any atom is -0.411 e. The molecule has 7 nitrogen and oxygen atoms in total. The number of hydrogen-bond donors (Lipinski definition) is 2. The van der Waals surface area contributed by atoms with E-state index >= 15 is 0 Å². The highest BCUT2D eigenvalue weighted by molar-refractivity contribution is 7.99. The molecule has 28 heavy (non-hydrogen) atoms. The highest BCUT2D eigenvalue weighted by Crippen LogP contribution is 2.27. The molecule has 1 aliphatic carbocycles. The standard InChI is InChI=1S/C20H26N4O3S/c1-20(2,3)14-10-8-13(9-11-14)17-23-24-19(27-17)28-12-16(25)22-18(26)21-15-6-4-5-7-15/h8-11,15H,4-7,12H2,1-3H3,(H2,21,22,25,26). The highest BCUT2D eigenvalue weighted by Gasteiger charge is 2.19. The van der Waals surface area contributed by atoms with Crippen molar-refractivity contribution in [2.75, 3.05) is 5.75 Å². The molecule has 0 spiro atoms. The topological polar surface area (TPSA) is 97.1 Å². The van der Waals surface area contributed by atoms with E-state index in [9.17, 15) is 9.59 Å². The third-order valence-corrected chi connectivity index (χ3v) is 5.49. The van der Waals surface area contributed by atoms with Crippen molar-refractivity contribution in [3.63, 3.8) is 0 Å². The van der Waals surface area contributed by atoms with Crippen molar-refractivity contribution in [1.82, 2.24) is 20.8 Å². The van der Waals surface area contributed by atoms with Crippen molar-refractivity contribution in [1.29, 1.82) is 0 Å².